The van der Waals surface area contributed by atoms with Crippen molar-refractivity contribution >= 4 is 44.0 Å². The zero-order chi connectivity index (χ0) is 33.4. The quantitative estimate of drug-likeness (QED) is 0.143. The maximum Gasteiger partial charge on any atom is 0.491 e. The minimum absolute atomic E-state index is 0.0309. The second-order valence-electron chi connectivity index (χ2n) is 10.6. The van der Waals surface area contributed by atoms with Gasteiger partial charge in [0, 0.05) is 35.6 Å². The Morgan fingerprint density at radius 1 is 1.09 bits per heavy atom. The van der Waals surface area contributed by atoms with Crippen LogP contribution in [0.4, 0.5) is 29.1 Å². The lowest BCUT2D eigenvalue weighted by atomic mass is 9.98. The predicted octanol–water partition coefficient (Wildman–Crippen LogP) is 4.32. The SMILES string of the molecule is COc1cc(C(Nc2ccc3c(N)nncc3c2)(OC(=O)C(F)(F)F)C(=O)N(C)Cc2ccccc2S(=O)(=O)C2CC2)ccc1F. The first-order valence-electron chi connectivity index (χ1n) is 13.7. The van der Waals surface area contributed by atoms with Crippen LogP contribution in [0.15, 0.2) is 71.8 Å². The number of benzene rings is 3. The van der Waals surface area contributed by atoms with E-state index in [1.807, 2.05) is 0 Å². The summed E-state index contributed by atoms with van der Waals surface area (Å²) in [5.41, 5.74) is 2.59. The third-order valence-corrected chi connectivity index (χ3v) is 9.70. The number of nitrogens with zero attached hydrogens (tertiary/aromatic N) is 3. The molecule has 242 valence electrons. The second kappa shape index (κ2) is 12.1. The number of nitrogen functional groups attached to an aromatic ring is 1. The number of carbonyl (C=O) groups is 2. The van der Waals surface area contributed by atoms with E-state index in [-0.39, 0.29) is 22.0 Å². The number of anilines is 2. The number of methoxy groups -OCH3 is 1. The Balaban J connectivity index is 1.67. The summed E-state index contributed by atoms with van der Waals surface area (Å²) < 4.78 is 92.1. The Morgan fingerprint density at radius 2 is 1.80 bits per heavy atom. The minimum atomic E-state index is -5.56. The first-order chi connectivity index (χ1) is 21.7. The number of alkyl halides is 3. The van der Waals surface area contributed by atoms with Crippen molar-refractivity contribution in [2.45, 2.75) is 41.4 Å². The topological polar surface area (TPSA) is 154 Å². The van der Waals surface area contributed by atoms with Crippen molar-refractivity contribution in [3.63, 3.8) is 0 Å². The molecular weight excluding hydrogens is 634 g/mol. The van der Waals surface area contributed by atoms with E-state index >= 15 is 0 Å². The van der Waals surface area contributed by atoms with Crippen LogP contribution in [0.3, 0.4) is 0 Å². The van der Waals surface area contributed by atoms with Gasteiger partial charge in [-0.2, -0.15) is 18.3 Å². The number of likely N-dealkylation sites (N-methyl/N-ethyl adjacent to an activating group) is 1. The van der Waals surface area contributed by atoms with Crippen molar-refractivity contribution < 1.29 is 45.0 Å². The number of nitrogens with two attached hydrogens (primary N) is 1. The average molecular weight is 662 g/mol. The average Bonchev–Trinajstić information content (AvgIpc) is 3.87. The molecule has 0 saturated heterocycles. The fourth-order valence-corrected chi connectivity index (χ4v) is 6.79. The van der Waals surface area contributed by atoms with E-state index < -0.39 is 62.5 Å². The van der Waals surface area contributed by atoms with E-state index in [1.54, 1.807) is 6.07 Å². The maximum absolute atomic E-state index is 14.5. The molecule has 16 heteroatoms. The van der Waals surface area contributed by atoms with Crippen molar-refractivity contribution in [1.29, 1.82) is 0 Å². The van der Waals surface area contributed by atoms with Crippen LogP contribution in [0.25, 0.3) is 10.8 Å². The molecule has 3 aromatic carbocycles. The maximum atomic E-state index is 14.5. The largest absolute Gasteiger partial charge is 0.494 e. The minimum Gasteiger partial charge on any atom is -0.494 e. The number of rotatable bonds is 10. The highest BCUT2D eigenvalue weighted by Gasteiger charge is 2.53. The van der Waals surface area contributed by atoms with Gasteiger partial charge in [0.1, 0.15) is 0 Å². The van der Waals surface area contributed by atoms with Crippen LogP contribution in [-0.4, -0.2) is 61.0 Å². The molecule has 1 amide bonds. The molecule has 46 heavy (non-hydrogen) atoms. The summed E-state index contributed by atoms with van der Waals surface area (Å²) in [6.07, 6.45) is -3.30. The zero-order valence-corrected chi connectivity index (χ0v) is 25.2. The number of hydrogen-bond donors (Lipinski definition) is 2. The van der Waals surface area contributed by atoms with Gasteiger partial charge in [-0.05, 0) is 60.9 Å². The summed E-state index contributed by atoms with van der Waals surface area (Å²) in [6.45, 7) is -0.421. The lowest BCUT2D eigenvalue weighted by Crippen LogP contribution is -2.54. The number of esters is 1. The highest BCUT2D eigenvalue weighted by Crippen LogP contribution is 2.38. The fraction of sp³-hybridized carbons (Fsp3) is 0.267. The zero-order valence-electron chi connectivity index (χ0n) is 24.3. The molecule has 11 nitrogen and oxygen atoms in total. The van der Waals surface area contributed by atoms with Crippen LogP contribution in [-0.2, 0) is 36.4 Å². The van der Waals surface area contributed by atoms with Crippen LogP contribution >= 0.6 is 0 Å². The Morgan fingerprint density at radius 3 is 2.48 bits per heavy atom. The Labute approximate surface area is 260 Å². The van der Waals surface area contributed by atoms with E-state index in [2.05, 4.69) is 15.5 Å². The van der Waals surface area contributed by atoms with Crippen LogP contribution in [0, 0.1) is 5.82 Å². The highest BCUT2D eigenvalue weighted by molar-refractivity contribution is 7.92. The van der Waals surface area contributed by atoms with Crippen LogP contribution < -0.4 is 15.8 Å². The summed E-state index contributed by atoms with van der Waals surface area (Å²) >= 11 is 0. The number of halogens is 4. The molecule has 1 atom stereocenters. The second-order valence-corrected chi connectivity index (χ2v) is 12.8. The number of sulfone groups is 1. The van der Waals surface area contributed by atoms with E-state index in [1.165, 1.54) is 49.6 Å². The molecule has 3 N–H and O–H groups in total. The molecule has 1 unspecified atom stereocenters. The van der Waals surface area contributed by atoms with Gasteiger partial charge in [-0.1, -0.05) is 18.2 Å². The number of ether oxygens (including phenoxy) is 2. The third kappa shape index (κ3) is 6.24. The molecule has 5 rings (SSSR count). The summed E-state index contributed by atoms with van der Waals surface area (Å²) in [6, 6.07) is 12.8. The predicted molar refractivity (Wildman–Crippen MR) is 157 cm³/mol. The molecular formula is C30H27F4N5O6S. The molecule has 0 spiro atoms. The van der Waals surface area contributed by atoms with Crippen LogP contribution in [0.1, 0.15) is 24.0 Å². The van der Waals surface area contributed by atoms with Gasteiger partial charge in [-0.3, -0.25) is 4.79 Å². The Bertz CT molecular complexity index is 1940. The standard InChI is InChI=1S/C30H27F4N5O6S/c1-39(16-17-5-3-4-6-25(17)46(42,43)21-9-10-21)27(40)29(45-28(41)30(32,33)34,19-7-12-23(31)24(14-19)44-2)37-20-8-11-22-18(13-20)15-36-38-26(22)35/h3-8,11-15,21,37H,9-10,16H2,1-2H3,(H2,35,38). The van der Waals surface area contributed by atoms with E-state index in [9.17, 15) is 35.6 Å². The molecule has 0 bridgehead atoms. The molecule has 0 aliphatic heterocycles. The van der Waals surface area contributed by atoms with Gasteiger partial charge in [0.05, 0.1) is 23.5 Å². The van der Waals surface area contributed by atoms with Crippen molar-refractivity contribution in [3.8, 4) is 5.75 Å². The molecule has 4 aromatic rings. The van der Waals surface area contributed by atoms with Gasteiger partial charge in [0.2, 0.25) is 0 Å². The number of hydrogen-bond acceptors (Lipinski definition) is 10. The van der Waals surface area contributed by atoms with Gasteiger partial charge in [0.15, 0.2) is 27.2 Å². The first-order valence-corrected chi connectivity index (χ1v) is 15.2. The lowest BCUT2D eigenvalue weighted by Gasteiger charge is -2.37. The van der Waals surface area contributed by atoms with Crippen LogP contribution in [0.5, 0.6) is 5.75 Å². The number of carbonyl (C=O) groups excluding carboxylic acids is 2. The van der Waals surface area contributed by atoms with E-state index in [4.69, 9.17) is 15.2 Å². The summed E-state index contributed by atoms with van der Waals surface area (Å²) in [5.74, 6) is -5.33. The Kier molecular flexibility index (Phi) is 8.51. The molecule has 1 saturated carbocycles. The summed E-state index contributed by atoms with van der Waals surface area (Å²) in [5, 5.41) is 10.3. The number of amides is 1. The number of nitrogens with one attached hydrogen (secondary N) is 1. The van der Waals surface area contributed by atoms with Gasteiger partial charge in [-0.25, -0.2) is 17.6 Å². The van der Waals surface area contributed by atoms with Crippen molar-refractivity contribution in [3.05, 3.63) is 83.8 Å². The molecule has 1 heterocycles. The normalized spacial score (nSPS) is 14.7. The van der Waals surface area contributed by atoms with Crippen molar-refractivity contribution in [2.75, 3.05) is 25.2 Å². The van der Waals surface area contributed by atoms with Gasteiger partial charge in [-0.15, -0.1) is 5.10 Å². The summed E-state index contributed by atoms with van der Waals surface area (Å²) in [4.78, 5) is 27.8. The molecule has 1 aliphatic carbocycles. The van der Waals surface area contributed by atoms with E-state index in [0.717, 1.165) is 30.2 Å². The molecule has 1 fully saturated rings. The van der Waals surface area contributed by atoms with Crippen molar-refractivity contribution in [1.82, 2.24) is 15.1 Å². The fourth-order valence-electron chi connectivity index (χ4n) is 4.91. The lowest BCUT2D eigenvalue weighted by molar-refractivity contribution is -0.215. The molecule has 1 aromatic heterocycles. The number of aromatic nitrogens is 2. The van der Waals surface area contributed by atoms with Crippen molar-refractivity contribution in [2.24, 2.45) is 0 Å². The van der Waals surface area contributed by atoms with Gasteiger partial charge < -0.3 is 25.4 Å². The third-order valence-electron chi connectivity index (χ3n) is 7.34. The summed E-state index contributed by atoms with van der Waals surface area (Å²) in [7, 11) is -1.46. The Hall–Kier alpha value is -4.99. The molecule has 1 aliphatic rings. The smallest absolute Gasteiger partial charge is 0.491 e. The number of fused-ring (bicyclic) bond motifs is 1. The monoisotopic (exact) mass is 661 g/mol. The van der Waals surface area contributed by atoms with Gasteiger partial charge >= 0.3 is 12.1 Å². The molecule has 0 radical (unpaired) electrons. The first kappa shape index (κ1) is 32.4. The van der Waals surface area contributed by atoms with Gasteiger partial charge in [0.25, 0.3) is 11.6 Å². The van der Waals surface area contributed by atoms with Crippen LogP contribution in [0.2, 0.25) is 0 Å². The van der Waals surface area contributed by atoms with E-state index in [0.29, 0.717) is 23.6 Å². The highest BCUT2D eigenvalue weighted by atomic mass is 32.2.